The summed E-state index contributed by atoms with van der Waals surface area (Å²) in [7, 11) is 1.51. The molecule has 174 valence electrons. The summed E-state index contributed by atoms with van der Waals surface area (Å²) in [6.07, 6.45) is 6.11. The number of nitro benzene ring substituents is 1. The molecule has 34 heavy (non-hydrogen) atoms. The van der Waals surface area contributed by atoms with Crippen LogP contribution in [0.2, 0.25) is 0 Å². The fraction of sp³-hybridized carbons (Fsp3) is 0.280. The monoisotopic (exact) mass is 479 g/mol. The summed E-state index contributed by atoms with van der Waals surface area (Å²) in [6.45, 7) is 0.0786. The maximum atomic E-state index is 13.5. The van der Waals surface area contributed by atoms with Gasteiger partial charge in [-0.1, -0.05) is 24.3 Å². The van der Waals surface area contributed by atoms with Crippen LogP contribution in [0, 0.1) is 16.0 Å². The molecule has 1 aliphatic carbocycles. The van der Waals surface area contributed by atoms with Crippen LogP contribution in [0.5, 0.6) is 0 Å². The SMILES string of the molecule is COC1=CC2C(=O)N3c4ccccc4CC3C=NC2C=C1OCc1cc(CCl)cc([N+](=O)[O-])c1. The van der Waals surface area contributed by atoms with E-state index >= 15 is 0 Å². The Morgan fingerprint density at radius 1 is 1.18 bits per heavy atom. The van der Waals surface area contributed by atoms with Crippen molar-refractivity contribution >= 4 is 35.1 Å². The fourth-order valence-electron chi connectivity index (χ4n) is 4.67. The van der Waals surface area contributed by atoms with Crippen molar-refractivity contribution in [3.05, 3.63) is 92.9 Å². The minimum atomic E-state index is -0.518. The highest BCUT2D eigenvalue weighted by atomic mass is 35.5. The lowest BCUT2D eigenvalue weighted by molar-refractivity contribution is -0.385. The quantitative estimate of drug-likeness (QED) is 0.349. The van der Waals surface area contributed by atoms with Crippen molar-refractivity contribution in [3.63, 3.8) is 0 Å². The number of non-ortho nitro benzene ring substituents is 1. The highest BCUT2D eigenvalue weighted by molar-refractivity contribution is 6.17. The molecule has 0 N–H and O–H groups in total. The smallest absolute Gasteiger partial charge is 0.270 e. The summed E-state index contributed by atoms with van der Waals surface area (Å²) in [6, 6.07) is 12.0. The van der Waals surface area contributed by atoms with E-state index in [-0.39, 0.29) is 30.1 Å². The zero-order valence-electron chi connectivity index (χ0n) is 18.4. The number of fused-ring (bicyclic) bond motifs is 4. The van der Waals surface area contributed by atoms with E-state index < -0.39 is 16.9 Å². The summed E-state index contributed by atoms with van der Waals surface area (Å²) in [5.74, 6) is 0.471. The number of carbonyl (C=O) groups is 1. The van der Waals surface area contributed by atoms with Gasteiger partial charge in [0.05, 0.1) is 30.0 Å². The molecule has 0 saturated heterocycles. The number of para-hydroxylation sites is 1. The minimum absolute atomic E-state index is 0.0345. The van der Waals surface area contributed by atoms with Crippen molar-refractivity contribution < 1.29 is 19.2 Å². The van der Waals surface area contributed by atoms with Crippen LogP contribution in [0.3, 0.4) is 0 Å². The zero-order chi connectivity index (χ0) is 23.8. The van der Waals surface area contributed by atoms with E-state index in [9.17, 15) is 14.9 Å². The molecule has 9 heteroatoms. The van der Waals surface area contributed by atoms with Crippen molar-refractivity contribution in [2.75, 3.05) is 12.0 Å². The number of anilines is 1. The Balaban J connectivity index is 1.40. The molecule has 2 aliphatic heterocycles. The lowest BCUT2D eigenvalue weighted by atomic mass is 9.92. The number of methoxy groups -OCH3 is 1. The number of hydrogen-bond acceptors (Lipinski definition) is 6. The summed E-state index contributed by atoms with van der Waals surface area (Å²) in [4.78, 5) is 30.9. The average molecular weight is 480 g/mol. The lowest BCUT2D eigenvalue weighted by Gasteiger charge is -2.28. The molecule has 0 spiro atoms. The van der Waals surface area contributed by atoms with Gasteiger partial charge in [0.2, 0.25) is 5.91 Å². The number of hydrogen-bond donors (Lipinski definition) is 0. The maximum Gasteiger partial charge on any atom is 0.270 e. The van der Waals surface area contributed by atoms with Gasteiger partial charge in [0, 0.05) is 36.3 Å². The van der Waals surface area contributed by atoms with Gasteiger partial charge >= 0.3 is 0 Å². The third-order valence-electron chi connectivity index (χ3n) is 6.25. The molecule has 8 nitrogen and oxygen atoms in total. The summed E-state index contributed by atoms with van der Waals surface area (Å²) < 4.78 is 11.5. The van der Waals surface area contributed by atoms with Crippen LogP contribution in [0.15, 0.2) is 71.1 Å². The van der Waals surface area contributed by atoms with Crippen LogP contribution in [0.4, 0.5) is 11.4 Å². The molecule has 5 rings (SSSR count). The molecule has 0 fully saturated rings. The Morgan fingerprint density at radius 2 is 1.97 bits per heavy atom. The number of alkyl halides is 1. The number of rotatable bonds is 6. The van der Waals surface area contributed by atoms with E-state index in [2.05, 4.69) is 0 Å². The number of carbonyl (C=O) groups excluding carboxylic acids is 1. The van der Waals surface area contributed by atoms with Gasteiger partial charge in [0.1, 0.15) is 6.61 Å². The van der Waals surface area contributed by atoms with E-state index in [1.54, 1.807) is 18.2 Å². The van der Waals surface area contributed by atoms with Crippen molar-refractivity contribution in [2.45, 2.75) is 31.0 Å². The number of nitrogens with zero attached hydrogens (tertiary/aromatic N) is 3. The maximum absolute atomic E-state index is 13.5. The van der Waals surface area contributed by atoms with Gasteiger partial charge in [-0.05, 0) is 34.9 Å². The first kappa shape index (κ1) is 22.2. The van der Waals surface area contributed by atoms with Crippen molar-refractivity contribution in [2.24, 2.45) is 10.9 Å². The minimum Gasteiger partial charge on any atom is -0.493 e. The van der Waals surface area contributed by atoms with Gasteiger partial charge in [0.25, 0.3) is 5.69 Å². The number of halogens is 1. The van der Waals surface area contributed by atoms with E-state index in [1.165, 1.54) is 19.2 Å². The molecule has 1 amide bonds. The summed E-state index contributed by atoms with van der Waals surface area (Å²) in [5.41, 5.74) is 3.25. The highest BCUT2D eigenvalue weighted by Gasteiger charge is 2.42. The molecule has 3 atom stereocenters. The van der Waals surface area contributed by atoms with Crippen molar-refractivity contribution in [1.29, 1.82) is 0 Å². The van der Waals surface area contributed by atoms with Crippen LogP contribution in [-0.4, -0.2) is 36.2 Å². The van der Waals surface area contributed by atoms with Gasteiger partial charge < -0.3 is 14.4 Å². The standard InChI is InChI=1S/C25H22ClN3O5/c1-33-23-10-20-21(27-13-19-9-17-4-2-3-5-22(17)28(19)25(20)30)11-24(23)34-14-16-6-15(12-26)7-18(8-16)29(31)32/h2-8,10-11,13,19-21H,9,12,14H2,1H3. The second-order valence-electron chi connectivity index (χ2n) is 8.38. The summed E-state index contributed by atoms with van der Waals surface area (Å²) >= 11 is 5.89. The molecule has 2 heterocycles. The normalized spacial score (nSPS) is 22.7. The molecule has 3 aliphatic rings. The second kappa shape index (κ2) is 8.95. The third-order valence-corrected chi connectivity index (χ3v) is 6.55. The van der Waals surface area contributed by atoms with Crippen molar-refractivity contribution in [3.8, 4) is 0 Å². The molecule has 0 bridgehead atoms. The molecular formula is C25H22ClN3O5. The van der Waals surface area contributed by atoms with Crippen LogP contribution >= 0.6 is 11.6 Å². The van der Waals surface area contributed by atoms with Gasteiger partial charge in [-0.2, -0.15) is 0 Å². The molecule has 2 aromatic rings. The average Bonchev–Trinajstić information content (AvgIpc) is 3.17. The third kappa shape index (κ3) is 3.94. The predicted octanol–water partition coefficient (Wildman–Crippen LogP) is 4.31. The van der Waals surface area contributed by atoms with Gasteiger partial charge in [0.15, 0.2) is 11.5 Å². The zero-order valence-corrected chi connectivity index (χ0v) is 19.1. The highest BCUT2D eigenvalue weighted by Crippen LogP contribution is 2.37. The molecule has 3 unspecified atom stereocenters. The number of ether oxygens (including phenoxy) is 2. The van der Waals surface area contributed by atoms with Crippen LogP contribution in [0.1, 0.15) is 16.7 Å². The van der Waals surface area contributed by atoms with Gasteiger partial charge in [-0.25, -0.2) is 0 Å². The van der Waals surface area contributed by atoms with E-state index in [1.807, 2.05) is 35.4 Å². The van der Waals surface area contributed by atoms with Crippen LogP contribution in [-0.2, 0) is 33.2 Å². The predicted molar refractivity (Wildman–Crippen MR) is 128 cm³/mol. The first-order valence-corrected chi connectivity index (χ1v) is 11.4. The Hall–Kier alpha value is -3.65. The van der Waals surface area contributed by atoms with Crippen LogP contribution in [0.25, 0.3) is 0 Å². The van der Waals surface area contributed by atoms with E-state index in [0.29, 0.717) is 22.6 Å². The molecule has 0 radical (unpaired) electrons. The van der Waals surface area contributed by atoms with E-state index in [4.69, 9.17) is 26.1 Å². The Kier molecular flexibility index (Phi) is 5.83. The fourth-order valence-corrected chi connectivity index (χ4v) is 4.82. The first-order valence-electron chi connectivity index (χ1n) is 10.9. The Bertz CT molecular complexity index is 1250. The summed E-state index contributed by atoms with van der Waals surface area (Å²) in [5, 5.41) is 11.2. The molecule has 2 aromatic carbocycles. The Labute approximate surface area is 201 Å². The molecule has 0 saturated carbocycles. The molecule has 0 aromatic heterocycles. The van der Waals surface area contributed by atoms with Crippen molar-refractivity contribution in [1.82, 2.24) is 0 Å². The second-order valence-corrected chi connectivity index (χ2v) is 8.64. The van der Waals surface area contributed by atoms with E-state index in [0.717, 1.165) is 17.7 Å². The lowest BCUT2D eigenvalue weighted by Crippen LogP contribution is -2.42. The number of benzene rings is 2. The molecular weight excluding hydrogens is 458 g/mol. The largest absolute Gasteiger partial charge is 0.493 e. The van der Waals surface area contributed by atoms with Crippen LogP contribution < -0.4 is 4.90 Å². The number of amides is 1. The van der Waals surface area contributed by atoms with Gasteiger partial charge in [-0.15, -0.1) is 11.6 Å². The van der Waals surface area contributed by atoms with Gasteiger partial charge in [-0.3, -0.25) is 19.9 Å². The topological polar surface area (TPSA) is 94.3 Å². The Morgan fingerprint density at radius 3 is 2.74 bits per heavy atom. The first-order chi connectivity index (χ1) is 16.5. The number of aliphatic imine (C=N–C) groups is 1. The number of nitro groups is 1.